The lowest BCUT2D eigenvalue weighted by Gasteiger charge is -2.21. The van der Waals surface area contributed by atoms with E-state index < -0.39 is 5.82 Å². The van der Waals surface area contributed by atoms with Crippen molar-refractivity contribution in [2.24, 2.45) is 0 Å². The lowest BCUT2D eigenvalue weighted by atomic mass is 10.1. The van der Waals surface area contributed by atoms with Crippen LogP contribution in [0.4, 0.5) is 15.9 Å². The van der Waals surface area contributed by atoms with Crippen LogP contribution in [0, 0.1) is 5.82 Å². The molecule has 0 bridgehead atoms. The summed E-state index contributed by atoms with van der Waals surface area (Å²) < 4.78 is 15.7. The van der Waals surface area contributed by atoms with Gasteiger partial charge in [-0.15, -0.1) is 0 Å². The molecule has 28 heavy (non-hydrogen) atoms. The Morgan fingerprint density at radius 2 is 1.96 bits per heavy atom. The van der Waals surface area contributed by atoms with E-state index >= 15 is 0 Å². The summed E-state index contributed by atoms with van der Waals surface area (Å²) in [7, 11) is 3.73. The smallest absolute Gasteiger partial charge is 0.219 e. The van der Waals surface area contributed by atoms with Crippen LogP contribution in [-0.2, 0) is 11.3 Å². The van der Waals surface area contributed by atoms with Crippen LogP contribution in [0.2, 0.25) is 0 Å². The summed E-state index contributed by atoms with van der Waals surface area (Å²) in [6.45, 7) is 3.41. The average molecular weight is 385 g/mol. The number of fused-ring (bicyclic) bond motifs is 1. The van der Waals surface area contributed by atoms with Crippen LogP contribution in [0.5, 0.6) is 0 Å². The molecule has 3 aromatic rings. The van der Waals surface area contributed by atoms with Crippen molar-refractivity contribution in [1.82, 2.24) is 24.4 Å². The van der Waals surface area contributed by atoms with E-state index in [0.717, 1.165) is 11.3 Å². The van der Waals surface area contributed by atoms with Gasteiger partial charge in [0.2, 0.25) is 5.91 Å². The Labute approximate surface area is 162 Å². The molecule has 9 heteroatoms. The fourth-order valence-electron chi connectivity index (χ4n) is 2.99. The first-order chi connectivity index (χ1) is 13.3. The number of hydrogen-bond acceptors (Lipinski definition) is 6. The maximum Gasteiger partial charge on any atom is 0.219 e. The number of carbonyl (C=O) groups is 1. The third-order valence-corrected chi connectivity index (χ3v) is 4.75. The fourth-order valence-corrected chi connectivity index (χ4v) is 2.99. The molecule has 0 spiro atoms. The van der Waals surface area contributed by atoms with Gasteiger partial charge in [-0.2, -0.15) is 5.10 Å². The summed E-state index contributed by atoms with van der Waals surface area (Å²) in [4.78, 5) is 19.2. The van der Waals surface area contributed by atoms with Crippen LogP contribution in [0.15, 0.2) is 30.6 Å². The molecule has 1 aromatic carbocycles. The minimum Gasteiger partial charge on any atom is -0.396 e. The number of benzene rings is 1. The molecule has 0 radical (unpaired) electrons. The predicted octanol–water partition coefficient (Wildman–Crippen LogP) is 1.61. The van der Waals surface area contributed by atoms with Crippen molar-refractivity contribution in [1.29, 1.82) is 0 Å². The highest BCUT2D eigenvalue weighted by Gasteiger charge is 2.17. The number of carbonyl (C=O) groups excluding carboxylic acids is 1. The second-order valence-corrected chi connectivity index (χ2v) is 6.87. The zero-order valence-corrected chi connectivity index (χ0v) is 16.2. The van der Waals surface area contributed by atoms with Crippen LogP contribution < -0.4 is 11.5 Å². The monoisotopic (exact) mass is 385 g/mol. The van der Waals surface area contributed by atoms with Gasteiger partial charge >= 0.3 is 0 Å². The third-order valence-electron chi connectivity index (χ3n) is 4.75. The number of anilines is 2. The molecule has 0 saturated heterocycles. The molecule has 0 aliphatic heterocycles. The summed E-state index contributed by atoms with van der Waals surface area (Å²) in [5, 5.41) is 4.32. The maximum atomic E-state index is 14.0. The molecule has 0 aliphatic rings. The van der Waals surface area contributed by atoms with E-state index in [1.165, 1.54) is 25.4 Å². The van der Waals surface area contributed by atoms with E-state index in [0.29, 0.717) is 36.5 Å². The van der Waals surface area contributed by atoms with E-state index in [9.17, 15) is 9.18 Å². The Morgan fingerprint density at radius 1 is 1.21 bits per heavy atom. The third kappa shape index (κ3) is 3.89. The van der Waals surface area contributed by atoms with Gasteiger partial charge in [-0.25, -0.2) is 13.9 Å². The number of hydrogen-bond donors (Lipinski definition) is 2. The van der Waals surface area contributed by atoms with Gasteiger partial charge in [0.25, 0.3) is 0 Å². The molecule has 0 fully saturated rings. The molecular formula is C19H24FN7O. The number of nitrogens with two attached hydrogens (primary N) is 2. The number of rotatable bonds is 6. The highest BCUT2D eigenvalue weighted by molar-refractivity contribution is 5.88. The minimum absolute atomic E-state index is 0.0229. The second kappa shape index (κ2) is 7.81. The summed E-state index contributed by atoms with van der Waals surface area (Å²) in [5.74, 6) is -0.152. The number of halogens is 1. The number of nitrogens with zero attached hydrogens (tertiary/aromatic N) is 5. The van der Waals surface area contributed by atoms with Gasteiger partial charge in [0, 0.05) is 39.2 Å². The van der Waals surface area contributed by atoms with Gasteiger partial charge in [-0.3, -0.25) is 9.69 Å². The lowest BCUT2D eigenvalue weighted by Crippen LogP contribution is -2.33. The first kappa shape index (κ1) is 19.6. The van der Waals surface area contributed by atoms with Crippen LogP contribution >= 0.6 is 0 Å². The van der Waals surface area contributed by atoms with Crippen molar-refractivity contribution in [3.8, 4) is 11.1 Å². The molecule has 0 atom stereocenters. The molecule has 8 nitrogen and oxygen atoms in total. The van der Waals surface area contributed by atoms with Crippen LogP contribution in [0.3, 0.4) is 0 Å². The van der Waals surface area contributed by atoms with Crippen molar-refractivity contribution in [2.75, 3.05) is 38.7 Å². The highest BCUT2D eigenvalue weighted by Crippen LogP contribution is 2.32. The Balaban J connectivity index is 1.94. The molecule has 3 rings (SSSR count). The van der Waals surface area contributed by atoms with Crippen molar-refractivity contribution in [3.63, 3.8) is 0 Å². The lowest BCUT2D eigenvalue weighted by molar-refractivity contribution is -0.127. The number of amides is 1. The van der Waals surface area contributed by atoms with Crippen molar-refractivity contribution in [2.45, 2.75) is 13.5 Å². The number of likely N-dealkylation sites (N-methyl/N-ethyl adjacent to an activating group) is 2. The molecule has 0 saturated carbocycles. The van der Waals surface area contributed by atoms with Crippen LogP contribution in [-0.4, -0.2) is 57.5 Å². The fraction of sp³-hybridized carbons (Fsp3) is 0.316. The first-order valence-electron chi connectivity index (χ1n) is 8.84. The van der Waals surface area contributed by atoms with Gasteiger partial charge < -0.3 is 16.4 Å². The normalized spacial score (nSPS) is 11.3. The molecular weight excluding hydrogens is 361 g/mol. The number of aromatic nitrogens is 3. The predicted molar refractivity (Wildman–Crippen MR) is 107 cm³/mol. The summed E-state index contributed by atoms with van der Waals surface area (Å²) in [6, 6.07) is 6.58. The Kier molecular flexibility index (Phi) is 5.46. The average Bonchev–Trinajstić information content (AvgIpc) is 3.01. The Hall–Kier alpha value is -3.20. The van der Waals surface area contributed by atoms with E-state index in [4.69, 9.17) is 11.5 Å². The number of nitrogen functional groups attached to an aromatic ring is 2. The van der Waals surface area contributed by atoms with E-state index in [1.807, 2.05) is 13.1 Å². The molecule has 148 valence electrons. The zero-order valence-electron chi connectivity index (χ0n) is 16.2. The molecule has 4 N–H and O–H groups in total. The van der Waals surface area contributed by atoms with Gasteiger partial charge in [-0.1, -0.05) is 6.07 Å². The highest BCUT2D eigenvalue weighted by atomic mass is 19.1. The van der Waals surface area contributed by atoms with E-state index in [2.05, 4.69) is 15.0 Å². The SMILES string of the molecule is CC(=O)N(C)CCN(C)Cc1cc(-c2ccc(N)c(F)c2)c2c(N)ncnn12. The van der Waals surface area contributed by atoms with Gasteiger partial charge in [0.15, 0.2) is 5.82 Å². The van der Waals surface area contributed by atoms with Gasteiger partial charge in [0.05, 0.1) is 11.4 Å². The Morgan fingerprint density at radius 3 is 2.64 bits per heavy atom. The molecule has 2 heterocycles. The van der Waals surface area contributed by atoms with Gasteiger partial charge in [0.1, 0.15) is 17.7 Å². The zero-order chi connectivity index (χ0) is 20.4. The quantitative estimate of drug-likeness (QED) is 0.625. The van der Waals surface area contributed by atoms with Crippen LogP contribution in [0.1, 0.15) is 12.6 Å². The summed E-state index contributed by atoms with van der Waals surface area (Å²) >= 11 is 0. The van der Waals surface area contributed by atoms with Crippen molar-refractivity contribution < 1.29 is 9.18 Å². The molecule has 0 aliphatic carbocycles. The second-order valence-electron chi connectivity index (χ2n) is 6.87. The van der Waals surface area contributed by atoms with Crippen molar-refractivity contribution in [3.05, 3.63) is 42.1 Å². The summed E-state index contributed by atoms with van der Waals surface area (Å²) in [5.41, 5.74) is 14.7. The molecule has 2 aromatic heterocycles. The molecule has 1 amide bonds. The maximum absolute atomic E-state index is 14.0. The van der Waals surface area contributed by atoms with E-state index in [-0.39, 0.29) is 11.6 Å². The van der Waals surface area contributed by atoms with E-state index in [1.54, 1.807) is 22.5 Å². The minimum atomic E-state index is -0.488. The van der Waals surface area contributed by atoms with Crippen molar-refractivity contribution >= 4 is 22.9 Å². The standard InChI is InChI=1S/C19H24FN7O/c1-12(28)26(3)7-6-25(2)10-14-9-15(13-4-5-17(21)16(20)8-13)18-19(22)23-11-24-27(14)18/h4-5,8-9,11H,6-7,10,21H2,1-3H3,(H2,22,23,24). The molecule has 0 unspecified atom stereocenters. The largest absolute Gasteiger partial charge is 0.396 e. The van der Waals surface area contributed by atoms with Crippen LogP contribution in [0.25, 0.3) is 16.6 Å². The topological polar surface area (TPSA) is 106 Å². The van der Waals surface area contributed by atoms with Gasteiger partial charge in [-0.05, 0) is 30.8 Å². The Bertz CT molecular complexity index is 1020. The summed E-state index contributed by atoms with van der Waals surface area (Å²) in [6.07, 6.45) is 1.39. The first-order valence-corrected chi connectivity index (χ1v) is 8.84.